The minimum absolute atomic E-state index is 0.0730. The molecule has 2 heterocycles. The Labute approximate surface area is 125 Å². The average Bonchev–Trinajstić information content (AvgIpc) is 2.79. The van der Waals surface area contributed by atoms with Crippen LogP contribution >= 0.6 is 0 Å². The van der Waals surface area contributed by atoms with E-state index in [1.165, 1.54) is 0 Å². The molecule has 114 valence electrons. The fourth-order valence-electron chi connectivity index (χ4n) is 2.40. The van der Waals surface area contributed by atoms with Gasteiger partial charge in [-0.3, -0.25) is 0 Å². The Balaban J connectivity index is 2.19. The SMILES string of the molecule is CCCNc1ncnc(NC(C)c2c(C)noc2C)c1C. The third kappa shape index (κ3) is 3.32. The van der Waals surface area contributed by atoms with E-state index in [2.05, 4.69) is 39.6 Å². The van der Waals surface area contributed by atoms with Crippen LogP contribution in [-0.2, 0) is 0 Å². The summed E-state index contributed by atoms with van der Waals surface area (Å²) in [6, 6.07) is 0.0730. The molecule has 1 atom stereocenters. The molecule has 6 nitrogen and oxygen atoms in total. The molecule has 6 heteroatoms. The summed E-state index contributed by atoms with van der Waals surface area (Å²) in [4.78, 5) is 8.63. The highest BCUT2D eigenvalue weighted by molar-refractivity contribution is 5.57. The topological polar surface area (TPSA) is 75.9 Å². The summed E-state index contributed by atoms with van der Waals surface area (Å²) in [6.45, 7) is 11.0. The number of hydrogen-bond donors (Lipinski definition) is 2. The number of hydrogen-bond acceptors (Lipinski definition) is 6. The zero-order valence-electron chi connectivity index (χ0n) is 13.3. The van der Waals surface area contributed by atoms with Gasteiger partial charge in [-0.15, -0.1) is 0 Å². The van der Waals surface area contributed by atoms with E-state index in [9.17, 15) is 0 Å². The molecule has 21 heavy (non-hydrogen) atoms. The van der Waals surface area contributed by atoms with Crippen LogP contribution in [0.5, 0.6) is 0 Å². The number of nitrogens with one attached hydrogen (secondary N) is 2. The normalized spacial score (nSPS) is 12.2. The average molecular weight is 289 g/mol. The molecule has 0 amide bonds. The van der Waals surface area contributed by atoms with E-state index < -0.39 is 0 Å². The van der Waals surface area contributed by atoms with Gasteiger partial charge in [-0.25, -0.2) is 9.97 Å². The Morgan fingerprint density at radius 2 is 1.90 bits per heavy atom. The molecule has 0 spiro atoms. The monoisotopic (exact) mass is 289 g/mol. The summed E-state index contributed by atoms with van der Waals surface area (Å²) in [5.41, 5.74) is 3.00. The van der Waals surface area contributed by atoms with Gasteiger partial charge >= 0.3 is 0 Å². The standard InChI is InChI=1S/C15H23N5O/c1-6-7-16-14-9(2)15(18-8-17-14)19-10(3)13-11(4)20-21-12(13)5/h8,10H,6-7H2,1-5H3,(H2,16,17,18,19). The van der Waals surface area contributed by atoms with Crippen molar-refractivity contribution in [1.82, 2.24) is 15.1 Å². The maximum Gasteiger partial charge on any atom is 0.139 e. The molecule has 0 fully saturated rings. The molecule has 2 aromatic rings. The largest absolute Gasteiger partial charge is 0.370 e. The molecule has 0 saturated carbocycles. The van der Waals surface area contributed by atoms with Crippen LogP contribution in [0.15, 0.2) is 10.9 Å². The van der Waals surface area contributed by atoms with Crippen molar-refractivity contribution in [2.24, 2.45) is 0 Å². The molecule has 0 aromatic carbocycles. The summed E-state index contributed by atoms with van der Waals surface area (Å²) in [5.74, 6) is 2.54. The van der Waals surface area contributed by atoms with E-state index in [0.717, 1.165) is 47.2 Å². The van der Waals surface area contributed by atoms with Crippen LogP contribution in [0, 0.1) is 20.8 Å². The number of anilines is 2. The smallest absolute Gasteiger partial charge is 0.139 e. The molecule has 0 aliphatic heterocycles. The third-order valence-corrected chi connectivity index (χ3v) is 3.50. The highest BCUT2D eigenvalue weighted by Gasteiger charge is 2.18. The second-order valence-electron chi connectivity index (χ2n) is 5.23. The highest BCUT2D eigenvalue weighted by Crippen LogP contribution is 2.26. The summed E-state index contributed by atoms with van der Waals surface area (Å²) in [5, 5.41) is 10.7. The molecule has 2 aromatic heterocycles. The third-order valence-electron chi connectivity index (χ3n) is 3.50. The molecule has 0 aliphatic carbocycles. The van der Waals surface area contributed by atoms with Gasteiger partial charge in [0.15, 0.2) is 0 Å². The lowest BCUT2D eigenvalue weighted by atomic mass is 10.1. The van der Waals surface area contributed by atoms with Crippen LogP contribution in [-0.4, -0.2) is 21.7 Å². The van der Waals surface area contributed by atoms with Crippen LogP contribution in [0.1, 0.15) is 48.9 Å². The van der Waals surface area contributed by atoms with E-state index in [4.69, 9.17) is 4.52 Å². The Kier molecular flexibility index (Phi) is 4.77. The first-order valence-corrected chi connectivity index (χ1v) is 7.29. The van der Waals surface area contributed by atoms with Crippen LogP contribution in [0.4, 0.5) is 11.6 Å². The molecular formula is C15H23N5O. The Morgan fingerprint density at radius 3 is 2.52 bits per heavy atom. The molecule has 2 rings (SSSR count). The lowest BCUT2D eigenvalue weighted by molar-refractivity contribution is 0.392. The number of rotatable bonds is 6. The maximum absolute atomic E-state index is 5.23. The van der Waals surface area contributed by atoms with Crippen molar-refractivity contribution in [3.8, 4) is 0 Å². The van der Waals surface area contributed by atoms with Crippen molar-refractivity contribution in [2.75, 3.05) is 17.2 Å². The fraction of sp³-hybridized carbons (Fsp3) is 0.533. The highest BCUT2D eigenvalue weighted by atomic mass is 16.5. The predicted octanol–water partition coefficient (Wildman–Crippen LogP) is 3.38. The van der Waals surface area contributed by atoms with Crippen molar-refractivity contribution < 1.29 is 4.52 Å². The number of nitrogens with zero attached hydrogens (tertiary/aromatic N) is 3. The zero-order chi connectivity index (χ0) is 15.4. The van der Waals surface area contributed by atoms with Gasteiger partial charge in [0.2, 0.25) is 0 Å². The molecule has 0 radical (unpaired) electrons. The molecule has 2 N–H and O–H groups in total. The van der Waals surface area contributed by atoms with E-state index >= 15 is 0 Å². The molecule has 1 unspecified atom stereocenters. The summed E-state index contributed by atoms with van der Waals surface area (Å²) in [7, 11) is 0. The first-order valence-electron chi connectivity index (χ1n) is 7.29. The van der Waals surface area contributed by atoms with E-state index in [0.29, 0.717) is 0 Å². The van der Waals surface area contributed by atoms with Gasteiger partial charge in [-0.2, -0.15) is 0 Å². The summed E-state index contributed by atoms with van der Waals surface area (Å²) < 4.78 is 5.23. The molecule has 0 bridgehead atoms. The van der Waals surface area contributed by atoms with Crippen molar-refractivity contribution in [3.05, 3.63) is 28.9 Å². The van der Waals surface area contributed by atoms with E-state index in [1.807, 2.05) is 20.8 Å². The van der Waals surface area contributed by atoms with Crippen LogP contribution in [0.2, 0.25) is 0 Å². The quantitative estimate of drug-likeness (QED) is 0.849. The second-order valence-corrected chi connectivity index (χ2v) is 5.23. The fourth-order valence-corrected chi connectivity index (χ4v) is 2.40. The van der Waals surface area contributed by atoms with Crippen LogP contribution in [0.3, 0.4) is 0 Å². The van der Waals surface area contributed by atoms with Gasteiger partial charge in [-0.1, -0.05) is 12.1 Å². The Morgan fingerprint density at radius 1 is 1.19 bits per heavy atom. The van der Waals surface area contributed by atoms with E-state index in [1.54, 1.807) is 6.33 Å². The van der Waals surface area contributed by atoms with Crippen molar-refractivity contribution >= 4 is 11.6 Å². The van der Waals surface area contributed by atoms with Crippen LogP contribution < -0.4 is 10.6 Å². The lowest BCUT2D eigenvalue weighted by Crippen LogP contribution is -2.13. The summed E-state index contributed by atoms with van der Waals surface area (Å²) >= 11 is 0. The van der Waals surface area contributed by atoms with Gasteiger partial charge in [0.05, 0.1) is 11.7 Å². The van der Waals surface area contributed by atoms with Crippen molar-refractivity contribution in [2.45, 2.75) is 47.1 Å². The minimum Gasteiger partial charge on any atom is -0.370 e. The molecular weight excluding hydrogens is 266 g/mol. The van der Waals surface area contributed by atoms with Gasteiger partial charge < -0.3 is 15.2 Å². The molecule has 0 saturated heterocycles. The van der Waals surface area contributed by atoms with Gasteiger partial charge in [0.1, 0.15) is 23.7 Å². The first kappa shape index (κ1) is 15.3. The van der Waals surface area contributed by atoms with Gasteiger partial charge in [0.25, 0.3) is 0 Å². The summed E-state index contributed by atoms with van der Waals surface area (Å²) in [6.07, 6.45) is 2.63. The number of aryl methyl sites for hydroxylation is 2. The van der Waals surface area contributed by atoms with Crippen molar-refractivity contribution in [1.29, 1.82) is 0 Å². The molecule has 0 aliphatic rings. The number of aromatic nitrogens is 3. The van der Waals surface area contributed by atoms with Gasteiger partial charge in [0, 0.05) is 17.7 Å². The van der Waals surface area contributed by atoms with E-state index in [-0.39, 0.29) is 6.04 Å². The Hall–Kier alpha value is -2.11. The van der Waals surface area contributed by atoms with Crippen molar-refractivity contribution in [3.63, 3.8) is 0 Å². The second kappa shape index (κ2) is 6.56. The first-order chi connectivity index (χ1) is 10.0. The lowest BCUT2D eigenvalue weighted by Gasteiger charge is -2.17. The minimum atomic E-state index is 0.0730. The zero-order valence-corrected chi connectivity index (χ0v) is 13.3. The Bertz CT molecular complexity index is 589. The van der Waals surface area contributed by atoms with Crippen LogP contribution in [0.25, 0.3) is 0 Å². The predicted molar refractivity (Wildman–Crippen MR) is 83.6 cm³/mol. The van der Waals surface area contributed by atoms with Gasteiger partial charge in [-0.05, 0) is 34.1 Å². The maximum atomic E-state index is 5.23.